The summed E-state index contributed by atoms with van der Waals surface area (Å²) in [6.07, 6.45) is 1.57. The van der Waals surface area contributed by atoms with Crippen LogP contribution in [0.15, 0.2) is 45.8 Å². The monoisotopic (exact) mass is 521 g/mol. The molecule has 32 heavy (non-hydrogen) atoms. The topological polar surface area (TPSA) is 102 Å². The number of amides is 2. The second-order valence-corrected chi connectivity index (χ2v) is 8.56. The number of carboxylic acids is 1. The number of carbonyl (C=O) groups excluding carboxylic acids is 2. The second-order valence-electron chi connectivity index (χ2n) is 6.71. The Morgan fingerprint density at radius 3 is 2.56 bits per heavy atom. The largest absolute Gasteiger partial charge is 0.493 e. The highest BCUT2D eigenvalue weighted by molar-refractivity contribution is 9.10. The quantitative estimate of drug-likeness (QED) is 0.486. The lowest BCUT2D eigenvalue weighted by Gasteiger charge is -2.13. The van der Waals surface area contributed by atoms with E-state index in [1.54, 1.807) is 18.2 Å². The molecule has 1 N–H and O–H groups in total. The number of halogens is 1. The van der Waals surface area contributed by atoms with Crippen molar-refractivity contribution in [3.05, 3.63) is 56.9 Å². The van der Waals surface area contributed by atoms with Gasteiger partial charge in [-0.25, -0.2) is 4.79 Å². The Kier molecular flexibility index (Phi) is 7.81. The van der Waals surface area contributed by atoms with Gasteiger partial charge < -0.3 is 19.3 Å². The molecule has 2 aromatic carbocycles. The van der Waals surface area contributed by atoms with Crippen LogP contribution in [0.2, 0.25) is 0 Å². The third kappa shape index (κ3) is 5.83. The van der Waals surface area contributed by atoms with Crippen LogP contribution in [0, 0.1) is 6.92 Å². The number of hydrogen-bond donors (Lipinski definition) is 1. The zero-order valence-corrected chi connectivity index (χ0v) is 19.7. The fraction of sp³-hybridized carbons (Fsp3) is 0.227. The number of hydrogen-bond acceptors (Lipinski definition) is 7. The summed E-state index contributed by atoms with van der Waals surface area (Å²) >= 11 is 4.17. The van der Waals surface area contributed by atoms with Crippen molar-refractivity contribution >= 4 is 50.9 Å². The summed E-state index contributed by atoms with van der Waals surface area (Å²) in [6, 6.07) is 10.7. The van der Waals surface area contributed by atoms with Crippen LogP contribution in [0.1, 0.15) is 11.1 Å². The van der Waals surface area contributed by atoms with E-state index in [4.69, 9.17) is 19.3 Å². The van der Waals surface area contributed by atoms with Gasteiger partial charge >= 0.3 is 5.97 Å². The van der Waals surface area contributed by atoms with Gasteiger partial charge in [-0.15, -0.1) is 0 Å². The van der Waals surface area contributed by atoms with Gasteiger partial charge in [-0.05, 0) is 70.5 Å². The van der Waals surface area contributed by atoms with E-state index in [1.165, 1.54) is 7.11 Å². The van der Waals surface area contributed by atoms with Crippen LogP contribution in [0.5, 0.6) is 17.2 Å². The fourth-order valence-electron chi connectivity index (χ4n) is 2.83. The first-order chi connectivity index (χ1) is 15.3. The third-order valence-electron chi connectivity index (χ3n) is 4.37. The highest BCUT2D eigenvalue weighted by atomic mass is 79.9. The summed E-state index contributed by atoms with van der Waals surface area (Å²) in [7, 11) is 1.42. The van der Waals surface area contributed by atoms with Gasteiger partial charge in [0.15, 0.2) is 18.1 Å². The summed E-state index contributed by atoms with van der Waals surface area (Å²) < 4.78 is 16.6. The van der Waals surface area contributed by atoms with E-state index >= 15 is 0 Å². The molecule has 0 aromatic heterocycles. The van der Waals surface area contributed by atoms with Gasteiger partial charge in [-0.2, -0.15) is 0 Å². The number of aryl methyl sites for hydroxylation is 1. The van der Waals surface area contributed by atoms with Crippen molar-refractivity contribution in [3.8, 4) is 17.2 Å². The molecule has 0 unspecified atom stereocenters. The zero-order valence-electron chi connectivity index (χ0n) is 17.3. The molecule has 1 aliphatic rings. The average Bonchev–Trinajstić information content (AvgIpc) is 3.01. The van der Waals surface area contributed by atoms with Gasteiger partial charge in [0.2, 0.25) is 0 Å². The SMILES string of the molecule is COc1cc(/C=C2\SC(=O)N(CCOc3ccc(C)cc3)C2=O)cc(Br)c1OCC(=O)O. The maximum atomic E-state index is 12.7. The van der Waals surface area contributed by atoms with Crippen molar-refractivity contribution in [1.82, 2.24) is 4.90 Å². The van der Waals surface area contributed by atoms with Gasteiger partial charge in [-0.1, -0.05) is 17.7 Å². The van der Waals surface area contributed by atoms with Gasteiger partial charge in [-0.3, -0.25) is 14.5 Å². The van der Waals surface area contributed by atoms with Gasteiger partial charge in [0.1, 0.15) is 12.4 Å². The number of thioether (sulfide) groups is 1. The van der Waals surface area contributed by atoms with E-state index < -0.39 is 18.5 Å². The molecule has 168 valence electrons. The molecule has 2 aromatic rings. The molecule has 0 spiro atoms. The summed E-state index contributed by atoms with van der Waals surface area (Å²) in [6.45, 7) is 1.76. The second kappa shape index (κ2) is 10.6. The maximum absolute atomic E-state index is 12.7. The van der Waals surface area contributed by atoms with Crippen LogP contribution in [0.25, 0.3) is 6.08 Å². The first kappa shape index (κ1) is 23.7. The summed E-state index contributed by atoms with van der Waals surface area (Å²) in [5.74, 6) is -0.344. The van der Waals surface area contributed by atoms with Crippen LogP contribution >= 0.6 is 27.7 Å². The van der Waals surface area contributed by atoms with E-state index in [0.717, 1.165) is 22.2 Å². The lowest BCUT2D eigenvalue weighted by atomic mass is 10.2. The molecule has 2 amide bonds. The number of ether oxygens (including phenoxy) is 3. The molecule has 1 fully saturated rings. The Morgan fingerprint density at radius 2 is 1.91 bits per heavy atom. The standard InChI is InChI=1S/C22H20BrNO7S/c1-13-3-5-15(6-4-13)30-8-7-24-21(27)18(32-22(24)28)11-14-9-16(23)20(17(10-14)29-2)31-12-19(25)26/h3-6,9-11H,7-8,12H2,1-2H3,(H,25,26)/b18-11-. The zero-order chi connectivity index (χ0) is 23.3. The molecular formula is C22H20BrNO7S. The van der Waals surface area contributed by atoms with Crippen LogP contribution in [-0.4, -0.2) is 54.0 Å². The Morgan fingerprint density at radius 1 is 1.19 bits per heavy atom. The van der Waals surface area contributed by atoms with Gasteiger partial charge in [0, 0.05) is 0 Å². The minimum absolute atomic E-state index is 0.130. The Labute approximate surface area is 197 Å². The fourth-order valence-corrected chi connectivity index (χ4v) is 4.27. The molecule has 1 saturated heterocycles. The van der Waals surface area contributed by atoms with Crippen molar-refractivity contribution in [1.29, 1.82) is 0 Å². The third-order valence-corrected chi connectivity index (χ3v) is 5.86. The molecule has 1 aliphatic heterocycles. The molecule has 0 atom stereocenters. The molecule has 0 aliphatic carbocycles. The van der Waals surface area contributed by atoms with Gasteiger partial charge in [0.05, 0.1) is 23.0 Å². The number of rotatable bonds is 9. The number of aliphatic carboxylic acids is 1. The van der Waals surface area contributed by atoms with E-state index in [1.807, 2.05) is 31.2 Å². The number of carbonyl (C=O) groups is 3. The van der Waals surface area contributed by atoms with Crippen LogP contribution < -0.4 is 14.2 Å². The average molecular weight is 522 g/mol. The molecular weight excluding hydrogens is 502 g/mol. The van der Waals surface area contributed by atoms with Crippen molar-refractivity contribution in [3.63, 3.8) is 0 Å². The highest BCUT2D eigenvalue weighted by Gasteiger charge is 2.35. The van der Waals surface area contributed by atoms with Gasteiger partial charge in [0.25, 0.3) is 11.1 Å². The first-order valence-corrected chi connectivity index (χ1v) is 11.1. The highest BCUT2D eigenvalue weighted by Crippen LogP contribution is 2.39. The molecule has 0 saturated carbocycles. The predicted octanol–water partition coefficient (Wildman–Crippen LogP) is 4.34. The summed E-state index contributed by atoms with van der Waals surface area (Å²) in [5, 5.41) is 8.44. The lowest BCUT2D eigenvalue weighted by molar-refractivity contribution is -0.139. The Hall–Kier alpha value is -2.98. The Bertz CT molecular complexity index is 1070. The Balaban J connectivity index is 1.70. The number of carboxylic acid groups (broad SMARTS) is 1. The van der Waals surface area contributed by atoms with E-state index in [-0.39, 0.29) is 34.8 Å². The molecule has 3 rings (SSSR count). The van der Waals surface area contributed by atoms with Crippen LogP contribution in [0.3, 0.4) is 0 Å². The first-order valence-electron chi connectivity index (χ1n) is 9.45. The molecule has 0 radical (unpaired) electrons. The number of benzene rings is 2. The summed E-state index contributed by atoms with van der Waals surface area (Å²) in [5.41, 5.74) is 1.69. The smallest absolute Gasteiger partial charge is 0.341 e. The number of nitrogens with zero attached hydrogens (tertiary/aromatic N) is 1. The van der Waals surface area contributed by atoms with Crippen molar-refractivity contribution in [2.45, 2.75) is 6.92 Å². The number of methoxy groups -OCH3 is 1. The maximum Gasteiger partial charge on any atom is 0.341 e. The molecule has 8 nitrogen and oxygen atoms in total. The van der Waals surface area contributed by atoms with Crippen LogP contribution in [0.4, 0.5) is 4.79 Å². The van der Waals surface area contributed by atoms with Crippen molar-refractivity contribution in [2.24, 2.45) is 0 Å². The van der Waals surface area contributed by atoms with Crippen LogP contribution in [-0.2, 0) is 9.59 Å². The molecule has 10 heteroatoms. The molecule has 0 bridgehead atoms. The minimum atomic E-state index is -1.12. The van der Waals surface area contributed by atoms with Crippen molar-refractivity contribution < 1.29 is 33.7 Å². The lowest BCUT2D eigenvalue weighted by Crippen LogP contribution is -2.32. The number of imide groups is 1. The summed E-state index contributed by atoms with van der Waals surface area (Å²) in [4.78, 5) is 37.2. The normalized spacial score (nSPS) is 14.7. The predicted molar refractivity (Wildman–Crippen MR) is 123 cm³/mol. The van der Waals surface area contributed by atoms with E-state index in [9.17, 15) is 14.4 Å². The van der Waals surface area contributed by atoms with Crippen molar-refractivity contribution in [2.75, 3.05) is 26.9 Å². The van der Waals surface area contributed by atoms with E-state index in [2.05, 4.69) is 15.9 Å². The molecule has 1 heterocycles. The minimum Gasteiger partial charge on any atom is -0.493 e. The van der Waals surface area contributed by atoms with E-state index in [0.29, 0.717) is 15.8 Å².